The van der Waals surface area contributed by atoms with E-state index < -0.39 is 5.41 Å². The Morgan fingerprint density at radius 3 is 2.71 bits per heavy atom. The lowest BCUT2D eigenvalue weighted by Gasteiger charge is -2.20. The number of carbonyl (C=O) groups excluding carboxylic acids is 2. The van der Waals surface area contributed by atoms with Crippen LogP contribution >= 0.6 is 0 Å². The average Bonchev–Trinajstić information content (AvgIpc) is 2.81. The van der Waals surface area contributed by atoms with Crippen molar-refractivity contribution in [3.63, 3.8) is 0 Å². The van der Waals surface area contributed by atoms with Crippen molar-refractivity contribution in [2.75, 3.05) is 26.7 Å². The van der Waals surface area contributed by atoms with Gasteiger partial charge in [-0.2, -0.15) is 0 Å². The maximum atomic E-state index is 12.4. The highest BCUT2D eigenvalue weighted by molar-refractivity contribution is 6.00. The Morgan fingerprint density at radius 1 is 1.43 bits per heavy atom. The van der Waals surface area contributed by atoms with Crippen LogP contribution in [0, 0.1) is 12.3 Å². The van der Waals surface area contributed by atoms with Crippen LogP contribution in [0.4, 0.5) is 0 Å². The van der Waals surface area contributed by atoms with Crippen LogP contribution in [0.5, 0.6) is 5.75 Å². The lowest BCUT2D eigenvalue weighted by molar-refractivity contribution is -0.126. The predicted octanol–water partition coefficient (Wildman–Crippen LogP) is 1.38. The zero-order chi connectivity index (χ0) is 15.6. The van der Waals surface area contributed by atoms with E-state index in [0.717, 1.165) is 5.56 Å². The third kappa shape index (κ3) is 3.24. The molecule has 1 amide bonds. The number of nitrogens with two attached hydrogens (primary N) is 1. The van der Waals surface area contributed by atoms with E-state index in [-0.39, 0.29) is 18.2 Å². The Hall–Kier alpha value is -1.88. The van der Waals surface area contributed by atoms with E-state index in [1.165, 1.54) is 0 Å². The number of primary amides is 1. The Bertz CT molecular complexity index is 571. The lowest BCUT2D eigenvalue weighted by atomic mass is 9.89. The number of nitrogens with zero attached hydrogens (tertiary/aromatic N) is 1. The number of hydrogen-bond donors (Lipinski definition) is 1. The molecule has 1 heterocycles. The molecule has 114 valence electrons. The van der Waals surface area contributed by atoms with Crippen LogP contribution in [0.15, 0.2) is 18.2 Å². The number of amides is 1. The SMILES string of the molecule is COc1cc(C)ccc1C(=O)CN1CCC(C)(C(N)=O)C1. The maximum Gasteiger partial charge on any atom is 0.224 e. The molecule has 2 N–H and O–H groups in total. The normalized spacial score (nSPS) is 22.2. The third-order valence-electron chi connectivity index (χ3n) is 4.17. The molecular formula is C16H22N2O3. The highest BCUT2D eigenvalue weighted by Crippen LogP contribution is 2.30. The van der Waals surface area contributed by atoms with Gasteiger partial charge in [0.25, 0.3) is 0 Å². The molecule has 1 atom stereocenters. The summed E-state index contributed by atoms with van der Waals surface area (Å²) in [6.45, 7) is 5.33. The molecule has 1 aliphatic heterocycles. The summed E-state index contributed by atoms with van der Waals surface area (Å²) in [4.78, 5) is 25.9. The highest BCUT2D eigenvalue weighted by atomic mass is 16.5. The number of hydrogen-bond acceptors (Lipinski definition) is 4. The second-order valence-electron chi connectivity index (χ2n) is 6.01. The fraction of sp³-hybridized carbons (Fsp3) is 0.500. The van der Waals surface area contributed by atoms with Crippen molar-refractivity contribution in [2.45, 2.75) is 20.3 Å². The van der Waals surface area contributed by atoms with Crippen molar-refractivity contribution in [1.29, 1.82) is 0 Å². The van der Waals surface area contributed by atoms with Crippen molar-refractivity contribution in [3.8, 4) is 5.75 Å². The molecule has 1 aromatic carbocycles. The fourth-order valence-corrected chi connectivity index (χ4v) is 2.71. The molecule has 2 rings (SSSR count). The Balaban J connectivity index is 2.08. The van der Waals surface area contributed by atoms with Crippen LogP contribution in [0.25, 0.3) is 0 Å². The van der Waals surface area contributed by atoms with Gasteiger partial charge in [-0.05, 0) is 44.5 Å². The summed E-state index contributed by atoms with van der Waals surface area (Å²) in [5.41, 5.74) is 6.52. The molecule has 0 bridgehead atoms. The van der Waals surface area contributed by atoms with Crippen molar-refractivity contribution < 1.29 is 14.3 Å². The summed E-state index contributed by atoms with van der Waals surface area (Å²) in [6.07, 6.45) is 0.695. The number of carbonyl (C=O) groups is 2. The molecule has 0 saturated carbocycles. The summed E-state index contributed by atoms with van der Waals surface area (Å²) in [7, 11) is 1.56. The maximum absolute atomic E-state index is 12.4. The summed E-state index contributed by atoms with van der Waals surface area (Å²) in [5.74, 6) is 0.294. The van der Waals surface area contributed by atoms with Gasteiger partial charge in [0.1, 0.15) is 5.75 Å². The smallest absolute Gasteiger partial charge is 0.224 e. The van der Waals surface area contributed by atoms with Crippen LogP contribution in [0.2, 0.25) is 0 Å². The Labute approximate surface area is 125 Å². The molecule has 0 spiro atoms. The quantitative estimate of drug-likeness (QED) is 0.832. The molecule has 1 aliphatic rings. The zero-order valence-corrected chi connectivity index (χ0v) is 12.8. The van der Waals surface area contributed by atoms with E-state index in [9.17, 15) is 9.59 Å². The number of rotatable bonds is 5. The first kappa shape index (κ1) is 15.5. The minimum Gasteiger partial charge on any atom is -0.496 e. The molecule has 1 aromatic rings. The van der Waals surface area contributed by atoms with Gasteiger partial charge in [0.05, 0.1) is 24.6 Å². The van der Waals surface area contributed by atoms with Gasteiger partial charge in [0.2, 0.25) is 5.91 Å². The van der Waals surface area contributed by atoms with Crippen molar-refractivity contribution >= 4 is 11.7 Å². The van der Waals surface area contributed by atoms with E-state index >= 15 is 0 Å². The van der Waals surface area contributed by atoms with Crippen molar-refractivity contribution in [3.05, 3.63) is 29.3 Å². The number of ketones is 1. The summed E-state index contributed by atoms with van der Waals surface area (Å²) in [5, 5.41) is 0. The molecule has 0 radical (unpaired) electrons. The van der Waals surface area contributed by atoms with Crippen LogP contribution in [-0.4, -0.2) is 43.3 Å². The molecule has 0 aromatic heterocycles. The molecule has 1 fully saturated rings. The summed E-state index contributed by atoms with van der Waals surface area (Å²) >= 11 is 0. The molecule has 1 saturated heterocycles. The van der Waals surface area contributed by atoms with Gasteiger partial charge in [0.15, 0.2) is 5.78 Å². The Kier molecular flexibility index (Phi) is 4.32. The standard InChI is InChI=1S/C16H22N2O3/c1-11-4-5-12(14(8-11)21-3)13(19)9-18-7-6-16(2,10-18)15(17)20/h4-5,8H,6-7,9-10H2,1-3H3,(H2,17,20). The number of ether oxygens (including phenoxy) is 1. The monoisotopic (exact) mass is 290 g/mol. The lowest BCUT2D eigenvalue weighted by Crippen LogP contribution is -2.38. The van der Waals surface area contributed by atoms with Gasteiger partial charge >= 0.3 is 0 Å². The van der Waals surface area contributed by atoms with E-state index in [1.807, 2.05) is 30.9 Å². The van der Waals surface area contributed by atoms with Crippen molar-refractivity contribution in [1.82, 2.24) is 4.90 Å². The minimum atomic E-state index is -0.530. The molecule has 0 aliphatic carbocycles. The number of Topliss-reactive ketones (excluding diaryl/α,β-unsaturated/α-hetero) is 1. The van der Waals surface area contributed by atoms with Crippen LogP contribution < -0.4 is 10.5 Å². The minimum absolute atomic E-state index is 0.000528. The zero-order valence-electron chi connectivity index (χ0n) is 12.8. The van der Waals surface area contributed by atoms with Gasteiger partial charge in [-0.25, -0.2) is 0 Å². The Morgan fingerprint density at radius 2 is 2.14 bits per heavy atom. The number of likely N-dealkylation sites (tertiary alicyclic amines) is 1. The largest absolute Gasteiger partial charge is 0.496 e. The highest BCUT2D eigenvalue weighted by Gasteiger charge is 2.39. The van der Waals surface area contributed by atoms with Crippen LogP contribution in [0.3, 0.4) is 0 Å². The fourth-order valence-electron chi connectivity index (χ4n) is 2.71. The van der Waals surface area contributed by atoms with E-state index in [1.54, 1.807) is 13.2 Å². The molecular weight excluding hydrogens is 268 g/mol. The second kappa shape index (κ2) is 5.85. The van der Waals surface area contributed by atoms with Crippen LogP contribution in [0.1, 0.15) is 29.3 Å². The molecule has 1 unspecified atom stereocenters. The van der Waals surface area contributed by atoms with Crippen molar-refractivity contribution in [2.24, 2.45) is 11.1 Å². The molecule has 5 heteroatoms. The molecule has 5 nitrogen and oxygen atoms in total. The first-order valence-electron chi connectivity index (χ1n) is 7.06. The third-order valence-corrected chi connectivity index (χ3v) is 4.17. The average molecular weight is 290 g/mol. The van der Waals surface area contributed by atoms with Crippen LogP contribution in [-0.2, 0) is 4.79 Å². The number of methoxy groups -OCH3 is 1. The summed E-state index contributed by atoms with van der Waals surface area (Å²) < 4.78 is 5.28. The van der Waals surface area contributed by atoms with Gasteiger partial charge in [-0.1, -0.05) is 6.07 Å². The van der Waals surface area contributed by atoms with Gasteiger partial charge < -0.3 is 10.5 Å². The summed E-state index contributed by atoms with van der Waals surface area (Å²) in [6, 6.07) is 5.54. The first-order valence-corrected chi connectivity index (χ1v) is 7.06. The van der Waals surface area contributed by atoms with Gasteiger partial charge in [-0.3, -0.25) is 14.5 Å². The van der Waals surface area contributed by atoms with E-state index in [4.69, 9.17) is 10.5 Å². The number of benzene rings is 1. The second-order valence-corrected chi connectivity index (χ2v) is 6.01. The molecule has 21 heavy (non-hydrogen) atoms. The number of aryl methyl sites for hydroxylation is 1. The van der Waals surface area contributed by atoms with Gasteiger partial charge in [-0.15, -0.1) is 0 Å². The topological polar surface area (TPSA) is 72.6 Å². The predicted molar refractivity (Wildman–Crippen MR) is 80.4 cm³/mol. The van der Waals surface area contributed by atoms with E-state index in [0.29, 0.717) is 30.8 Å². The van der Waals surface area contributed by atoms with E-state index in [2.05, 4.69) is 0 Å². The first-order chi connectivity index (χ1) is 9.85. The van der Waals surface area contributed by atoms with Gasteiger partial charge in [0, 0.05) is 6.54 Å².